The molecule has 0 bridgehead atoms. The number of aryl methyl sites for hydroxylation is 1. The molecule has 0 saturated heterocycles. The molecule has 0 aliphatic carbocycles. The van der Waals surface area contributed by atoms with E-state index in [1.165, 1.54) is 11.1 Å². The van der Waals surface area contributed by atoms with E-state index in [9.17, 15) is 0 Å². The Kier molecular flexibility index (Phi) is 2.23. The number of nitrogens with zero attached hydrogens (tertiary/aromatic N) is 1. The molecule has 0 spiro atoms. The topological polar surface area (TPSA) is 52.0 Å². The molecule has 0 radical (unpaired) electrons. The monoisotopic (exact) mass is 188 g/mol. The molecule has 2 aromatic rings. The van der Waals surface area contributed by atoms with Crippen molar-refractivity contribution in [3.05, 3.63) is 47.2 Å². The summed E-state index contributed by atoms with van der Waals surface area (Å²) in [6.45, 7) is 2.07. The first-order valence-corrected chi connectivity index (χ1v) is 4.50. The molecule has 0 atom stereocenters. The van der Waals surface area contributed by atoms with Crippen molar-refractivity contribution in [2.24, 2.45) is 0 Å². The quantitative estimate of drug-likeness (QED) is 0.785. The summed E-state index contributed by atoms with van der Waals surface area (Å²) >= 11 is 0. The number of hydrogen-bond acceptors (Lipinski definition) is 3. The third kappa shape index (κ3) is 1.93. The highest BCUT2D eigenvalue weighted by atomic mass is 16.5. The molecule has 14 heavy (non-hydrogen) atoms. The van der Waals surface area contributed by atoms with Crippen molar-refractivity contribution in [3.63, 3.8) is 0 Å². The number of nitrogen functional groups attached to an aromatic ring is 1. The predicted molar refractivity (Wildman–Crippen MR) is 54.9 cm³/mol. The van der Waals surface area contributed by atoms with Gasteiger partial charge in [0.05, 0.1) is 0 Å². The summed E-state index contributed by atoms with van der Waals surface area (Å²) in [7, 11) is 0. The highest BCUT2D eigenvalue weighted by Gasteiger charge is 2.01. The molecule has 3 nitrogen and oxygen atoms in total. The van der Waals surface area contributed by atoms with E-state index in [-0.39, 0.29) is 0 Å². The average Bonchev–Trinajstić information content (AvgIpc) is 2.56. The minimum atomic E-state index is 0.437. The number of aromatic nitrogens is 1. The Morgan fingerprint density at radius 2 is 2.00 bits per heavy atom. The van der Waals surface area contributed by atoms with Gasteiger partial charge < -0.3 is 10.3 Å². The smallest absolute Gasteiger partial charge is 0.167 e. The van der Waals surface area contributed by atoms with Crippen molar-refractivity contribution >= 4 is 5.82 Å². The van der Waals surface area contributed by atoms with Gasteiger partial charge in [-0.2, -0.15) is 0 Å². The zero-order valence-corrected chi connectivity index (χ0v) is 8.03. The van der Waals surface area contributed by atoms with Crippen LogP contribution < -0.4 is 5.73 Å². The standard InChI is InChI=1S/C11H12N2O/c1-8-2-4-9(5-3-8)6-10-7-11(12)13-14-10/h2-5,7H,6H2,1H3,(H2,12,13). The van der Waals surface area contributed by atoms with Gasteiger partial charge in [0.25, 0.3) is 0 Å². The second-order valence-corrected chi connectivity index (χ2v) is 3.38. The van der Waals surface area contributed by atoms with E-state index in [0.717, 1.165) is 12.2 Å². The second kappa shape index (κ2) is 3.54. The van der Waals surface area contributed by atoms with Crippen LogP contribution in [-0.4, -0.2) is 5.16 Å². The van der Waals surface area contributed by atoms with Crippen molar-refractivity contribution in [2.45, 2.75) is 13.3 Å². The molecule has 1 heterocycles. The summed E-state index contributed by atoms with van der Waals surface area (Å²) in [6, 6.07) is 10.1. The van der Waals surface area contributed by atoms with Gasteiger partial charge in [0.2, 0.25) is 0 Å². The first-order chi connectivity index (χ1) is 6.74. The van der Waals surface area contributed by atoms with Gasteiger partial charge in [0, 0.05) is 12.5 Å². The molecule has 1 aromatic carbocycles. The van der Waals surface area contributed by atoms with E-state index in [1.807, 2.05) is 0 Å². The molecule has 72 valence electrons. The van der Waals surface area contributed by atoms with Crippen LogP contribution in [0.25, 0.3) is 0 Å². The lowest BCUT2D eigenvalue weighted by atomic mass is 10.1. The second-order valence-electron chi connectivity index (χ2n) is 3.38. The summed E-state index contributed by atoms with van der Waals surface area (Å²) in [5, 5.41) is 3.63. The Morgan fingerprint density at radius 1 is 1.29 bits per heavy atom. The molecule has 0 unspecified atom stereocenters. The van der Waals surface area contributed by atoms with Crippen molar-refractivity contribution in [1.82, 2.24) is 5.16 Å². The maximum absolute atomic E-state index is 5.45. The summed E-state index contributed by atoms with van der Waals surface area (Å²) in [5.74, 6) is 1.23. The van der Waals surface area contributed by atoms with Crippen molar-refractivity contribution in [1.29, 1.82) is 0 Å². The number of nitrogens with two attached hydrogens (primary N) is 1. The van der Waals surface area contributed by atoms with Gasteiger partial charge in [0.1, 0.15) is 5.76 Å². The van der Waals surface area contributed by atoms with Crippen LogP contribution in [0.4, 0.5) is 5.82 Å². The number of benzene rings is 1. The van der Waals surface area contributed by atoms with Crippen LogP contribution in [0.2, 0.25) is 0 Å². The van der Waals surface area contributed by atoms with Crippen LogP contribution in [0.1, 0.15) is 16.9 Å². The molecule has 1 aromatic heterocycles. The average molecular weight is 188 g/mol. The van der Waals surface area contributed by atoms with Gasteiger partial charge in [-0.15, -0.1) is 0 Å². The summed E-state index contributed by atoms with van der Waals surface area (Å²) in [6.07, 6.45) is 0.741. The fourth-order valence-corrected chi connectivity index (χ4v) is 1.32. The normalized spacial score (nSPS) is 10.4. The molecule has 2 rings (SSSR count). The minimum absolute atomic E-state index is 0.437. The first kappa shape index (κ1) is 8.81. The fraction of sp³-hybridized carbons (Fsp3) is 0.182. The van der Waals surface area contributed by atoms with Crippen molar-refractivity contribution in [2.75, 3.05) is 5.73 Å². The number of anilines is 1. The lowest BCUT2D eigenvalue weighted by Crippen LogP contribution is -1.85. The van der Waals surface area contributed by atoms with Gasteiger partial charge in [-0.25, -0.2) is 0 Å². The maximum atomic E-state index is 5.45. The summed E-state index contributed by atoms with van der Waals surface area (Å²) in [4.78, 5) is 0. The number of rotatable bonds is 2. The van der Waals surface area contributed by atoms with E-state index in [2.05, 4.69) is 36.3 Å². The van der Waals surface area contributed by atoms with Crippen LogP contribution in [0.15, 0.2) is 34.9 Å². The van der Waals surface area contributed by atoms with Crippen LogP contribution >= 0.6 is 0 Å². The Bertz CT molecular complexity index is 417. The molecular weight excluding hydrogens is 176 g/mol. The highest BCUT2D eigenvalue weighted by Crippen LogP contribution is 2.12. The molecule has 2 N–H and O–H groups in total. The van der Waals surface area contributed by atoms with Crippen molar-refractivity contribution < 1.29 is 4.52 Å². The van der Waals surface area contributed by atoms with Gasteiger partial charge in [-0.1, -0.05) is 35.0 Å². The zero-order chi connectivity index (χ0) is 9.97. The van der Waals surface area contributed by atoms with Crippen LogP contribution in [0.5, 0.6) is 0 Å². The maximum Gasteiger partial charge on any atom is 0.167 e. The van der Waals surface area contributed by atoms with E-state index in [0.29, 0.717) is 5.82 Å². The Hall–Kier alpha value is -1.77. The SMILES string of the molecule is Cc1ccc(Cc2cc(N)no2)cc1. The minimum Gasteiger partial charge on any atom is -0.381 e. The Balaban J connectivity index is 2.15. The van der Waals surface area contributed by atoms with E-state index < -0.39 is 0 Å². The summed E-state index contributed by atoms with van der Waals surface area (Å²) < 4.78 is 5.02. The Labute approximate surface area is 82.5 Å². The van der Waals surface area contributed by atoms with Gasteiger partial charge >= 0.3 is 0 Å². The fourth-order valence-electron chi connectivity index (χ4n) is 1.32. The number of hydrogen-bond donors (Lipinski definition) is 1. The molecule has 0 saturated carbocycles. The Morgan fingerprint density at radius 3 is 2.57 bits per heavy atom. The largest absolute Gasteiger partial charge is 0.381 e. The van der Waals surface area contributed by atoms with E-state index >= 15 is 0 Å². The van der Waals surface area contributed by atoms with E-state index in [1.54, 1.807) is 6.07 Å². The van der Waals surface area contributed by atoms with Gasteiger partial charge in [-0.05, 0) is 12.5 Å². The van der Waals surface area contributed by atoms with E-state index in [4.69, 9.17) is 10.3 Å². The zero-order valence-electron chi connectivity index (χ0n) is 8.03. The highest BCUT2D eigenvalue weighted by molar-refractivity contribution is 5.30. The molecule has 0 fully saturated rings. The third-order valence-corrected chi connectivity index (χ3v) is 2.08. The molecule has 0 amide bonds. The molecule has 0 aliphatic rings. The van der Waals surface area contributed by atoms with Gasteiger partial charge in [0.15, 0.2) is 5.82 Å². The lowest BCUT2D eigenvalue weighted by Gasteiger charge is -1.97. The van der Waals surface area contributed by atoms with Gasteiger partial charge in [-0.3, -0.25) is 0 Å². The first-order valence-electron chi connectivity index (χ1n) is 4.50. The third-order valence-electron chi connectivity index (χ3n) is 2.08. The molecule has 0 aliphatic heterocycles. The predicted octanol–water partition coefficient (Wildman–Crippen LogP) is 2.16. The van der Waals surface area contributed by atoms with Crippen LogP contribution in [0, 0.1) is 6.92 Å². The van der Waals surface area contributed by atoms with Crippen molar-refractivity contribution in [3.8, 4) is 0 Å². The van der Waals surface area contributed by atoms with Crippen LogP contribution in [0.3, 0.4) is 0 Å². The molecular formula is C11H12N2O. The summed E-state index contributed by atoms with van der Waals surface area (Å²) in [5.41, 5.74) is 7.91. The van der Waals surface area contributed by atoms with Crippen LogP contribution in [-0.2, 0) is 6.42 Å². The lowest BCUT2D eigenvalue weighted by molar-refractivity contribution is 0.392. The molecule has 3 heteroatoms.